The molecule has 1 aromatic carbocycles. The first-order valence-corrected chi connectivity index (χ1v) is 13.9. The van der Waals surface area contributed by atoms with Crippen LogP contribution in [0.2, 0.25) is 0 Å². The third-order valence-electron chi connectivity index (χ3n) is 8.12. The first kappa shape index (κ1) is 24.8. The molecule has 10 heteroatoms. The van der Waals surface area contributed by atoms with Gasteiger partial charge in [0, 0.05) is 38.3 Å². The molecule has 0 radical (unpaired) electrons. The molecule has 4 heterocycles. The van der Waals surface area contributed by atoms with Crippen molar-refractivity contribution in [3.63, 3.8) is 0 Å². The van der Waals surface area contributed by atoms with Gasteiger partial charge in [-0.05, 0) is 67.9 Å². The van der Waals surface area contributed by atoms with Crippen LogP contribution in [0.1, 0.15) is 47.8 Å². The highest BCUT2D eigenvalue weighted by molar-refractivity contribution is 7.18. The Kier molecular flexibility index (Phi) is 6.53. The van der Waals surface area contributed by atoms with Crippen molar-refractivity contribution in [3.8, 4) is 0 Å². The number of benzene rings is 1. The van der Waals surface area contributed by atoms with Crippen molar-refractivity contribution >= 4 is 51.0 Å². The van der Waals surface area contributed by atoms with E-state index in [1.54, 1.807) is 12.1 Å². The van der Waals surface area contributed by atoms with Crippen LogP contribution in [0.5, 0.6) is 0 Å². The van der Waals surface area contributed by atoms with Crippen LogP contribution >= 0.6 is 11.3 Å². The number of carbonyl (C=O) groups is 3. The van der Waals surface area contributed by atoms with Gasteiger partial charge in [0.2, 0.25) is 17.8 Å². The molecule has 1 saturated carbocycles. The number of aromatic nitrogens is 2. The smallest absolute Gasteiger partial charge is 0.268 e. The van der Waals surface area contributed by atoms with Gasteiger partial charge in [-0.15, -0.1) is 11.3 Å². The molecule has 2 N–H and O–H groups in total. The van der Waals surface area contributed by atoms with E-state index in [1.165, 1.54) is 17.4 Å². The van der Waals surface area contributed by atoms with Gasteiger partial charge in [-0.1, -0.05) is 18.7 Å². The van der Waals surface area contributed by atoms with Crippen LogP contribution in [-0.4, -0.2) is 58.5 Å². The molecule has 0 unspecified atom stereocenters. The van der Waals surface area contributed by atoms with Crippen molar-refractivity contribution in [3.05, 3.63) is 53.9 Å². The second-order valence-corrected chi connectivity index (χ2v) is 11.6. The maximum Gasteiger partial charge on any atom is 0.268 e. The molecule has 1 spiro atoms. The lowest BCUT2D eigenvalue weighted by Gasteiger charge is -2.46. The summed E-state index contributed by atoms with van der Waals surface area (Å²) in [4.78, 5) is 45.0. The summed E-state index contributed by atoms with van der Waals surface area (Å²) in [6, 6.07) is 11.6. The Morgan fingerprint density at radius 3 is 2.68 bits per heavy atom. The Morgan fingerprint density at radius 1 is 1.11 bits per heavy atom. The summed E-state index contributed by atoms with van der Waals surface area (Å²) in [5.74, 6) is 0.175. The molecular formula is C28H31N5O4S. The van der Waals surface area contributed by atoms with E-state index in [9.17, 15) is 14.4 Å². The summed E-state index contributed by atoms with van der Waals surface area (Å²) in [6.45, 7) is 6.33. The lowest BCUT2D eigenvalue weighted by atomic mass is 9.65. The second-order valence-electron chi connectivity index (χ2n) is 10.6. The Hall–Kier alpha value is -3.50. The molecule has 3 aliphatic rings. The quantitative estimate of drug-likeness (QED) is 0.456. The molecule has 3 fully saturated rings. The summed E-state index contributed by atoms with van der Waals surface area (Å²) in [6.07, 6.45) is 5.65. The van der Waals surface area contributed by atoms with Gasteiger partial charge in [0.1, 0.15) is 0 Å². The van der Waals surface area contributed by atoms with Gasteiger partial charge in [0.05, 0.1) is 20.9 Å². The molecule has 2 saturated heterocycles. The normalized spacial score (nSPS) is 23.4. The fraction of sp³-hybridized carbons (Fsp3) is 0.429. The molecule has 3 aromatic rings. The summed E-state index contributed by atoms with van der Waals surface area (Å²) in [5, 5.41) is 6.63. The molecule has 3 amide bonds. The highest BCUT2D eigenvalue weighted by Gasteiger charge is 2.50. The van der Waals surface area contributed by atoms with Gasteiger partial charge < -0.3 is 19.5 Å². The fourth-order valence-electron chi connectivity index (χ4n) is 6.08. The van der Waals surface area contributed by atoms with Crippen molar-refractivity contribution in [2.45, 2.75) is 38.1 Å². The fourth-order valence-corrected chi connectivity index (χ4v) is 6.89. The highest BCUT2D eigenvalue weighted by atomic mass is 32.1. The number of nitrogens with one attached hydrogen (secondary N) is 2. The molecule has 198 valence electrons. The van der Waals surface area contributed by atoms with E-state index in [2.05, 4.69) is 21.8 Å². The SMILES string of the molecule is C=CC(=O)N1CC[C@]2(C1)C[C@H](n1c(NC(=O)c3ccc(NC(=O)C4CCOCC4)s3)nc3ccccc31)C2. The van der Waals surface area contributed by atoms with Crippen LogP contribution in [0.4, 0.5) is 10.9 Å². The van der Waals surface area contributed by atoms with Crippen molar-refractivity contribution in [1.82, 2.24) is 14.5 Å². The van der Waals surface area contributed by atoms with Crippen molar-refractivity contribution in [1.29, 1.82) is 0 Å². The predicted octanol–water partition coefficient (Wildman–Crippen LogP) is 4.45. The van der Waals surface area contributed by atoms with Gasteiger partial charge in [0.25, 0.3) is 5.91 Å². The van der Waals surface area contributed by atoms with E-state index in [1.807, 2.05) is 29.2 Å². The number of hydrogen-bond donors (Lipinski definition) is 2. The van der Waals surface area contributed by atoms with E-state index in [4.69, 9.17) is 9.72 Å². The maximum absolute atomic E-state index is 13.2. The topological polar surface area (TPSA) is 106 Å². The average molecular weight is 534 g/mol. The molecule has 9 nitrogen and oxygen atoms in total. The van der Waals surface area contributed by atoms with E-state index in [0.717, 1.165) is 43.4 Å². The van der Waals surface area contributed by atoms with Crippen LogP contribution in [-0.2, 0) is 14.3 Å². The lowest BCUT2D eigenvalue weighted by molar-refractivity contribution is -0.126. The van der Waals surface area contributed by atoms with Crippen molar-refractivity contribution < 1.29 is 19.1 Å². The molecule has 0 atom stereocenters. The van der Waals surface area contributed by atoms with Crippen LogP contribution in [0, 0.1) is 11.3 Å². The minimum Gasteiger partial charge on any atom is -0.381 e. The zero-order valence-electron chi connectivity index (χ0n) is 21.2. The van der Waals surface area contributed by atoms with Gasteiger partial charge in [0.15, 0.2) is 0 Å². The van der Waals surface area contributed by atoms with E-state index < -0.39 is 0 Å². The van der Waals surface area contributed by atoms with Crippen LogP contribution in [0.25, 0.3) is 11.0 Å². The number of imidazole rings is 1. The predicted molar refractivity (Wildman–Crippen MR) is 146 cm³/mol. The lowest BCUT2D eigenvalue weighted by Crippen LogP contribution is -2.42. The number of fused-ring (bicyclic) bond motifs is 1. The molecule has 6 rings (SSSR count). The average Bonchev–Trinajstić information content (AvgIpc) is 3.65. The molecule has 2 aliphatic heterocycles. The van der Waals surface area contributed by atoms with Gasteiger partial charge >= 0.3 is 0 Å². The molecular weight excluding hydrogens is 502 g/mol. The Labute approximate surface area is 224 Å². The second kappa shape index (κ2) is 9.99. The minimum absolute atomic E-state index is 0.00868. The molecule has 38 heavy (non-hydrogen) atoms. The Bertz CT molecular complexity index is 1400. The van der Waals surface area contributed by atoms with Gasteiger partial charge in [-0.2, -0.15) is 0 Å². The monoisotopic (exact) mass is 533 g/mol. The van der Waals surface area contributed by atoms with Crippen molar-refractivity contribution in [2.75, 3.05) is 36.9 Å². The number of thiophene rings is 1. The van der Waals surface area contributed by atoms with Crippen LogP contribution in [0.3, 0.4) is 0 Å². The van der Waals surface area contributed by atoms with E-state index >= 15 is 0 Å². The first-order valence-electron chi connectivity index (χ1n) is 13.1. The number of likely N-dealkylation sites (tertiary alicyclic amines) is 1. The van der Waals surface area contributed by atoms with E-state index in [-0.39, 0.29) is 35.1 Å². The number of rotatable bonds is 6. The third kappa shape index (κ3) is 4.63. The van der Waals surface area contributed by atoms with Crippen molar-refractivity contribution in [2.24, 2.45) is 11.3 Å². The zero-order chi connectivity index (χ0) is 26.3. The Balaban J connectivity index is 1.16. The number of carbonyl (C=O) groups excluding carboxylic acids is 3. The van der Waals surface area contributed by atoms with Crippen LogP contribution in [0.15, 0.2) is 49.1 Å². The summed E-state index contributed by atoms with van der Waals surface area (Å²) < 4.78 is 7.48. The largest absolute Gasteiger partial charge is 0.381 e. The molecule has 2 aromatic heterocycles. The number of amides is 3. The number of para-hydroxylation sites is 2. The Morgan fingerprint density at radius 2 is 1.89 bits per heavy atom. The van der Waals surface area contributed by atoms with Crippen LogP contribution < -0.4 is 10.6 Å². The summed E-state index contributed by atoms with van der Waals surface area (Å²) >= 11 is 1.26. The highest BCUT2D eigenvalue weighted by Crippen LogP contribution is 2.55. The maximum atomic E-state index is 13.2. The number of ether oxygens (including phenoxy) is 1. The minimum atomic E-state index is -0.254. The van der Waals surface area contributed by atoms with Gasteiger partial charge in [-0.3, -0.25) is 19.7 Å². The molecule has 1 aliphatic carbocycles. The number of hydrogen-bond acceptors (Lipinski definition) is 6. The number of anilines is 2. The summed E-state index contributed by atoms with van der Waals surface area (Å²) in [5.41, 5.74) is 1.92. The third-order valence-corrected chi connectivity index (χ3v) is 9.12. The number of nitrogens with zero attached hydrogens (tertiary/aromatic N) is 3. The zero-order valence-corrected chi connectivity index (χ0v) is 22.0. The van der Waals surface area contributed by atoms with Gasteiger partial charge in [-0.25, -0.2) is 4.98 Å². The first-order chi connectivity index (χ1) is 18.4. The standard InChI is InChI=1S/C28H31N5O4S/c1-2-24(34)32-12-11-28(17-32)15-19(16-28)33-21-6-4-3-5-20(21)29-27(33)31-26(36)22-7-8-23(38-22)30-25(35)18-9-13-37-14-10-18/h2-8,18-19H,1,9-17H2,(H,30,35)(H,29,31,36)/t19-,28-. The summed E-state index contributed by atoms with van der Waals surface area (Å²) in [7, 11) is 0. The molecule has 0 bridgehead atoms. The van der Waals surface area contributed by atoms with E-state index in [0.29, 0.717) is 41.9 Å².